The molecule has 1 fully saturated rings. The van der Waals surface area contributed by atoms with Crippen molar-refractivity contribution in [3.05, 3.63) is 22.8 Å². The number of nitrogens with zero attached hydrogens (tertiary/aromatic N) is 3. The second-order valence-corrected chi connectivity index (χ2v) is 6.50. The lowest BCUT2D eigenvalue weighted by molar-refractivity contribution is -0.137. The number of urea groups is 1. The molecule has 11 heteroatoms. The summed E-state index contributed by atoms with van der Waals surface area (Å²) in [7, 11) is 0. The topological polar surface area (TPSA) is 77.6 Å². The Balaban J connectivity index is 1.85. The number of carbonyl (C=O) groups excluding carboxylic acids is 2. The number of halogens is 4. The summed E-state index contributed by atoms with van der Waals surface area (Å²) in [5.74, 6) is -0.129. The van der Waals surface area contributed by atoms with E-state index in [0.29, 0.717) is 32.7 Å². The summed E-state index contributed by atoms with van der Waals surface area (Å²) >= 11 is 5.96. The maximum absolute atomic E-state index is 12.7. The second kappa shape index (κ2) is 9.23. The monoisotopic (exact) mass is 407 g/mol. The fourth-order valence-corrected chi connectivity index (χ4v) is 2.87. The molecule has 7 nitrogen and oxygen atoms in total. The smallest absolute Gasteiger partial charge is 0.353 e. The summed E-state index contributed by atoms with van der Waals surface area (Å²) in [6.45, 7) is 4.33. The predicted molar refractivity (Wildman–Crippen MR) is 94.7 cm³/mol. The second-order valence-electron chi connectivity index (χ2n) is 6.09. The van der Waals surface area contributed by atoms with Crippen LogP contribution in [0.25, 0.3) is 0 Å². The summed E-state index contributed by atoms with van der Waals surface area (Å²) in [5, 5.41) is 4.73. The molecule has 0 spiro atoms. The van der Waals surface area contributed by atoms with Crippen LogP contribution in [0.4, 0.5) is 23.8 Å². The van der Waals surface area contributed by atoms with Gasteiger partial charge in [-0.1, -0.05) is 18.5 Å². The van der Waals surface area contributed by atoms with E-state index in [2.05, 4.69) is 15.6 Å². The van der Waals surface area contributed by atoms with Gasteiger partial charge >= 0.3 is 12.2 Å². The Kier molecular flexibility index (Phi) is 7.25. The minimum Gasteiger partial charge on any atom is -0.353 e. The van der Waals surface area contributed by atoms with Gasteiger partial charge in [0.1, 0.15) is 5.82 Å². The summed E-state index contributed by atoms with van der Waals surface area (Å²) in [6, 6.07) is 0.333. The van der Waals surface area contributed by atoms with Crippen LogP contribution < -0.4 is 15.5 Å². The van der Waals surface area contributed by atoms with Crippen molar-refractivity contribution in [1.82, 2.24) is 20.5 Å². The molecule has 0 aliphatic carbocycles. The lowest BCUT2D eigenvalue weighted by atomic mass is 10.2. The third-order valence-electron chi connectivity index (χ3n) is 3.98. The van der Waals surface area contributed by atoms with Gasteiger partial charge in [0.2, 0.25) is 5.91 Å². The summed E-state index contributed by atoms with van der Waals surface area (Å²) in [4.78, 5) is 30.8. The van der Waals surface area contributed by atoms with E-state index >= 15 is 0 Å². The summed E-state index contributed by atoms with van der Waals surface area (Å²) in [6.07, 6.45) is -2.97. The highest BCUT2D eigenvalue weighted by molar-refractivity contribution is 6.33. The highest BCUT2D eigenvalue weighted by atomic mass is 35.5. The van der Waals surface area contributed by atoms with Gasteiger partial charge in [-0.3, -0.25) is 15.0 Å². The van der Waals surface area contributed by atoms with Crippen molar-refractivity contribution in [1.29, 1.82) is 0 Å². The highest BCUT2D eigenvalue weighted by Gasteiger charge is 2.32. The molecule has 2 heterocycles. The van der Waals surface area contributed by atoms with E-state index < -0.39 is 23.7 Å². The van der Waals surface area contributed by atoms with E-state index in [1.54, 1.807) is 4.90 Å². The number of pyridine rings is 1. The number of hydrogen-bond donors (Lipinski definition) is 2. The lowest BCUT2D eigenvalue weighted by Gasteiger charge is -2.35. The fraction of sp³-hybridized carbons (Fsp3) is 0.562. The van der Waals surface area contributed by atoms with E-state index in [1.807, 2.05) is 11.8 Å². The van der Waals surface area contributed by atoms with Gasteiger partial charge in [0, 0.05) is 38.9 Å². The normalized spacial score (nSPS) is 15.5. The van der Waals surface area contributed by atoms with E-state index in [-0.39, 0.29) is 17.4 Å². The van der Waals surface area contributed by atoms with E-state index in [4.69, 9.17) is 11.6 Å². The molecular weight excluding hydrogens is 387 g/mol. The van der Waals surface area contributed by atoms with Crippen LogP contribution in [0.5, 0.6) is 0 Å². The van der Waals surface area contributed by atoms with Crippen LogP contribution in [0.15, 0.2) is 12.3 Å². The first-order chi connectivity index (χ1) is 12.7. The van der Waals surface area contributed by atoms with Crippen molar-refractivity contribution in [3.63, 3.8) is 0 Å². The van der Waals surface area contributed by atoms with E-state index in [1.165, 1.54) is 0 Å². The number of amides is 3. The third-order valence-corrected chi connectivity index (χ3v) is 4.25. The number of hydrogen-bond acceptors (Lipinski definition) is 5. The Bertz CT molecular complexity index is 679. The lowest BCUT2D eigenvalue weighted by Crippen LogP contribution is -2.51. The molecule has 1 aliphatic rings. The molecule has 0 bridgehead atoms. The number of imide groups is 1. The van der Waals surface area contributed by atoms with E-state index in [9.17, 15) is 22.8 Å². The molecule has 2 rings (SSSR count). The minimum atomic E-state index is -4.50. The van der Waals surface area contributed by atoms with Crippen molar-refractivity contribution in [3.8, 4) is 0 Å². The number of piperazine rings is 1. The number of rotatable bonds is 5. The van der Waals surface area contributed by atoms with Crippen LogP contribution in [0.3, 0.4) is 0 Å². The van der Waals surface area contributed by atoms with Crippen LogP contribution in [0, 0.1) is 0 Å². The van der Waals surface area contributed by atoms with Crippen LogP contribution in [0.2, 0.25) is 5.02 Å². The molecule has 0 aromatic carbocycles. The third kappa shape index (κ3) is 6.24. The van der Waals surface area contributed by atoms with Gasteiger partial charge < -0.3 is 10.2 Å². The molecule has 150 valence electrons. The first-order valence-corrected chi connectivity index (χ1v) is 8.86. The molecule has 0 saturated carbocycles. The molecule has 0 atom stereocenters. The Morgan fingerprint density at radius 2 is 1.93 bits per heavy atom. The maximum Gasteiger partial charge on any atom is 0.417 e. The first-order valence-electron chi connectivity index (χ1n) is 8.48. The molecule has 1 saturated heterocycles. The molecular formula is C16H21ClF3N5O2. The van der Waals surface area contributed by atoms with Crippen molar-refractivity contribution < 1.29 is 22.8 Å². The number of nitrogens with one attached hydrogen (secondary N) is 2. The van der Waals surface area contributed by atoms with Gasteiger partial charge in [-0.2, -0.15) is 13.2 Å². The zero-order valence-electron chi connectivity index (χ0n) is 14.8. The summed E-state index contributed by atoms with van der Waals surface area (Å²) < 4.78 is 38.1. The molecule has 27 heavy (non-hydrogen) atoms. The van der Waals surface area contributed by atoms with Gasteiger partial charge in [0.25, 0.3) is 0 Å². The SMILES string of the molecule is CCCNC(=O)NC(=O)CN1CCN(c2ncc(C(F)(F)F)cc2Cl)CC1. The molecule has 2 N–H and O–H groups in total. The van der Waals surface area contributed by atoms with Crippen molar-refractivity contribution in [2.24, 2.45) is 0 Å². The number of aromatic nitrogens is 1. The molecule has 1 aliphatic heterocycles. The van der Waals surface area contributed by atoms with Crippen molar-refractivity contribution in [2.75, 3.05) is 44.2 Å². The van der Waals surface area contributed by atoms with Gasteiger partial charge in [0.05, 0.1) is 17.1 Å². The van der Waals surface area contributed by atoms with Crippen LogP contribution >= 0.6 is 11.6 Å². The quantitative estimate of drug-likeness (QED) is 0.781. The van der Waals surface area contributed by atoms with Crippen LogP contribution in [-0.4, -0.2) is 61.1 Å². The Hall–Kier alpha value is -2.07. The molecule has 1 aromatic rings. The fourth-order valence-electron chi connectivity index (χ4n) is 2.59. The van der Waals surface area contributed by atoms with Gasteiger partial charge in [0.15, 0.2) is 0 Å². The zero-order valence-corrected chi connectivity index (χ0v) is 15.5. The average Bonchev–Trinajstić information content (AvgIpc) is 2.60. The number of carbonyl (C=O) groups is 2. The standard InChI is InChI=1S/C16H21ClF3N5O2/c1-2-3-21-15(27)23-13(26)10-24-4-6-25(7-5-24)14-12(17)8-11(9-22-14)16(18,19)20/h8-9H,2-7,10H2,1H3,(H2,21,23,26,27). The summed E-state index contributed by atoms with van der Waals surface area (Å²) in [5.41, 5.74) is -0.895. The first kappa shape index (κ1) is 21.2. The Morgan fingerprint density at radius 3 is 2.48 bits per heavy atom. The van der Waals surface area contributed by atoms with E-state index in [0.717, 1.165) is 18.7 Å². The molecule has 3 amide bonds. The maximum atomic E-state index is 12.7. The molecule has 1 aromatic heterocycles. The predicted octanol–water partition coefficient (Wildman–Crippen LogP) is 2.11. The van der Waals surface area contributed by atoms with Gasteiger partial charge in [-0.05, 0) is 12.5 Å². The average molecular weight is 408 g/mol. The molecule has 0 unspecified atom stereocenters. The van der Waals surface area contributed by atoms with Crippen LogP contribution in [0.1, 0.15) is 18.9 Å². The molecule has 0 radical (unpaired) electrons. The van der Waals surface area contributed by atoms with Crippen molar-refractivity contribution >= 4 is 29.4 Å². The largest absolute Gasteiger partial charge is 0.417 e. The van der Waals surface area contributed by atoms with Crippen LogP contribution in [-0.2, 0) is 11.0 Å². The number of anilines is 1. The van der Waals surface area contributed by atoms with Gasteiger partial charge in [-0.25, -0.2) is 9.78 Å². The van der Waals surface area contributed by atoms with Gasteiger partial charge in [-0.15, -0.1) is 0 Å². The Morgan fingerprint density at radius 1 is 1.26 bits per heavy atom. The Labute approximate surface area is 159 Å². The van der Waals surface area contributed by atoms with Crippen molar-refractivity contribution in [2.45, 2.75) is 19.5 Å². The highest BCUT2D eigenvalue weighted by Crippen LogP contribution is 2.33. The zero-order chi connectivity index (χ0) is 20.0. The number of alkyl halides is 3. The minimum absolute atomic E-state index is 0.0571.